The van der Waals surface area contributed by atoms with Crippen molar-refractivity contribution in [2.75, 3.05) is 29.0 Å². The lowest BCUT2D eigenvalue weighted by molar-refractivity contribution is 0.102. The van der Waals surface area contributed by atoms with E-state index in [2.05, 4.69) is 46.2 Å². The monoisotopic (exact) mass is 401 g/mol. The summed E-state index contributed by atoms with van der Waals surface area (Å²) in [7, 11) is 0. The standard InChI is InChI=1S/C24H27N5O/c1-16-6-7-18(12-17(16)2)22-14-27-23(15-26-22)28-24(30)20-13-19(8-9-21(20)25)29-10-4-3-5-11-29/h6-9,12-15H,3-5,10-11,25H2,1-2H3,(H,27,28,30). The molecule has 0 saturated carbocycles. The molecule has 0 bridgehead atoms. The molecule has 4 rings (SSSR count). The van der Waals surface area contributed by atoms with E-state index in [1.807, 2.05) is 18.2 Å². The molecule has 0 aliphatic carbocycles. The van der Waals surface area contributed by atoms with Crippen molar-refractivity contribution in [1.29, 1.82) is 0 Å². The molecule has 0 radical (unpaired) electrons. The van der Waals surface area contributed by atoms with E-state index in [1.165, 1.54) is 30.4 Å². The van der Waals surface area contributed by atoms with E-state index in [9.17, 15) is 4.79 Å². The second-order valence-corrected chi connectivity index (χ2v) is 7.86. The molecule has 6 heteroatoms. The minimum absolute atomic E-state index is 0.278. The number of carbonyl (C=O) groups is 1. The summed E-state index contributed by atoms with van der Waals surface area (Å²) in [6.45, 7) is 6.17. The van der Waals surface area contributed by atoms with Gasteiger partial charge in [-0.2, -0.15) is 0 Å². The van der Waals surface area contributed by atoms with E-state index in [4.69, 9.17) is 5.73 Å². The summed E-state index contributed by atoms with van der Waals surface area (Å²) >= 11 is 0. The first-order valence-electron chi connectivity index (χ1n) is 10.4. The van der Waals surface area contributed by atoms with Crippen molar-refractivity contribution >= 4 is 23.1 Å². The van der Waals surface area contributed by atoms with Crippen LogP contribution in [0.25, 0.3) is 11.3 Å². The summed E-state index contributed by atoms with van der Waals surface area (Å²) < 4.78 is 0. The zero-order valence-electron chi connectivity index (χ0n) is 17.5. The summed E-state index contributed by atoms with van der Waals surface area (Å²) in [4.78, 5) is 24.0. The quantitative estimate of drug-likeness (QED) is 0.625. The number of benzene rings is 2. The maximum absolute atomic E-state index is 12.8. The number of nitrogens with one attached hydrogen (secondary N) is 1. The van der Waals surface area contributed by atoms with Gasteiger partial charge >= 0.3 is 0 Å². The van der Waals surface area contributed by atoms with Crippen LogP contribution in [0.1, 0.15) is 40.7 Å². The number of piperidine rings is 1. The lowest BCUT2D eigenvalue weighted by atomic mass is 10.0. The molecule has 1 fully saturated rings. The van der Waals surface area contributed by atoms with Crippen LogP contribution in [-0.4, -0.2) is 29.0 Å². The van der Waals surface area contributed by atoms with Gasteiger partial charge < -0.3 is 16.0 Å². The Hall–Kier alpha value is -3.41. The number of rotatable bonds is 4. The van der Waals surface area contributed by atoms with Crippen molar-refractivity contribution in [2.24, 2.45) is 0 Å². The molecule has 3 aromatic rings. The van der Waals surface area contributed by atoms with Crippen LogP contribution in [0.3, 0.4) is 0 Å². The van der Waals surface area contributed by atoms with Crippen molar-refractivity contribution in [3.05, 3.63) is 65.5 Å². The number of nitrogen functional groups attached to an aromatic ring is 1. The Bertz CT molecular complexity index is 1060. The number of nitrogens with zero attached hydrogens (tertiary/aromatic N) is 3. The molecular weight excluding hydrogens is 374 g/mol. The third kappa shape index (κ3) is 4.27. The first-order valence-corrected chi connectivity index (χ1v) is 10.4. The van der Waals surface area contributed by atoms with Gasteiger partial charge in [0.1, 0.15) is 0 Å². The number of hydrogen-bond donors (Lipinski definition) is 2. The van der Waals surface area contributed by atoms with Crippen molar-refractivity contribution in [3.63, 3.8) is 0 Å². The van der Waals surface area contributed by atoms with E-state index < -0.39 is 0 Å². The summed E-state index contributed by atoms with van der Waals surface area (Å²) in [6, 6.07) is 11.8. The fraction of sp³-hybridized carbons (Fsp3) is 0.292. The molecule has 1 aromatic heterocycles. The Morgan fingerprint density at radius 3 is 2.47 bits per heavy atom. The van der Waals surface area contributed by atoms with Crippen LogP contribution in [-0.2, 0) is 0 Å². The van der Waals surface area contributed by atoms with Crippen LogP contribution >= 0.6 is 0 Å². The molecule has 3 N–H and O–H groups in total. The predicted octanol–water partition coefficient (Wildman–Crippen LogP) is 4.59. The first kappa shape index (κ1) is 19.9. The van der Waals surface area contributed by atoms with Crippen molar-refractivity contribution in [1.82, 2.24) is 9.97 Å². The molecular formula is C24H27N5O. The highest BCUT2D eigenvalue weighted by atomic mass is 16.1. The highest BCUT2D eigenvalue weighted by Gasteiger charge is 2.16. The molecule has 1 amide bonds. The van der Waals surface area contributed by atoms with Crippen LogP contribution in [0.5, 0.6) is 0 Å². The van der Waals surface area contributed by atoms with Crippen LogP contribution in [0, 0.1) is 13.8 Å². The third-order valence-corrected chi connectivity index (χ3v) is 5.70. The van der Waals surface area contributed by atoms with E-state index >= 15 is 0 Å². The number of aromatic nitrogens is 2. The Balaban J connectivity index is 1.50. The molecule has 0 unspecified atom stereocenters. The minimum atomic E-state index is -0.278. The smallest absolute Gasteiger partial charge is 0.259 e. The SMILES string of the molecule is Cc1ccc(-c2cnc(NC(=O)c3cc(N4CCCCC4)ccc3N)cn2)cc1C. The number of carbonyl (C=O) groups excluding carboxylic acids is 1. The molecule has 2 aromatic carbocycles. The van der Waals surface area contributed by atoms with Gasteiger partial charge in [0.25, 0.3) is 5.91 Å². The molecule has 0 spiro atoms. The van der Waals surface area contributed by atoms with Gasteiger partial charge in [-0.15, -0.1) is 0 Å². The molecule has 6 nitrogen and oxygen atoms in total. The van der Waals surface area contributed by atoms with Crippen LogP contribution < -0.4 is 16.0 Å². The molecule has 1 saturated heterocycles. The minimum Gasteiger partial charge on any atom is -0.398 e. The fourth-order valence-corrected chi connectivity index (χ4v) is 3.72. The van der Waals surface area contributed by atoms with Crippen LogP contribution in [0.2, 0.25) is 0 Å². The lowest BCUT2D eigenvalue weighted by Crippen LogP contribution is -2.29. The summed E-state index contributed by atoms with van der Waals surface area (Å²) in [5, 5.41) is 2.82. The summed E-state index contributed by atoms with van der Waals surface area (Å²) in [5.74, 6) is 0.120. The number of amides is 1. The van der Waals surface area contributed by atoms with E-state index in [0.717, 1.165) is 30.0 Å². The molecule has 154 valence electrons. The highest BCUT2D eigenvalue weighted by Crippen LogP contribution is 2.25. The Kier molecular flexibility index (Phi) is 5.65. The number of aryl methyl sites for hydroxylation is 2. The van der Waals surface area contributed by atoms with Crippen molar-refractivity contribution in [3.8, 4) is 11.3 Å². The average Bonchev–Trinajstić information content (AvgIpc) is 2.77. The third-order valence-electron chi connectivity index (χ3n) is 5.70. The zero-order chi connectivity index (χ0) is 21.1. The van der Waals surface area contributed by atoms with Gasteiger partial charge in [0.2, 0.25) is 0 Å². The zero-order valence-corrected chi connectivity index (χ0v) is 17.5. The number of nitrogens with two attached hydrogens (primary N) is 1. The molecule has 30 heavy (non-hydrogen) atoms. The van der Waals surface area contributed by atoms with Gasteiger partial charge in [0, 0.05) is 30.0 Å². The van der Waals surface area contributed by atoms with Gasteiger partial charge in [-0.05, 0) is 68.5 Å². The van der Waals surface area contributed by atoms with Gasteiger partial charge in [0.15, 0.2) is 5.82 Å². The second kappa shape index (κ2) is 8.53. The van der Waals surface area contributed by atoms with Gasteiger partial charge in [0.05, 0.1) is 23.7 Å². The molecule has 1 aliphatic heterocycles. The van der Waals surface area contributed by atoms with Gasteiger partial charge in [-0.3, -0.25) is 9.78 Å². The van der Waals surface area contributed by atoms with E-state index in [0.29, 0.717) is 17.1 Å². The second-order valence-electron chi connectivity index (χ2n) is 7.86. The lowest BCUT2D eigenvalue weighted by Gasteiger charge is -2.29. The Morgan fingerprint density at radius 1 is 0.967 bits per heavy atom. The normalized spacial score (nSPS) is 13.9. The molecule has 0 atom stereocenters. The maximum Gasteiger partial charge on any atom is 0.259 e. The molecule has 2 heterocycles. The topological polar surface area (TPSA) is 84.1 Å². The summed E-state index contributed by atoms with van der Waals surface area (Å²) in [5.41, 5.74) is 12.2. The number of anilines is 3. The predicted molar refractivity (Wildman–Crippen MR) is 122 cm³/mol. The van der Waals surface area contributed by atoms with Gasteiger partial charge in [-0.25, -0.2) is 4.98 Å². The Labute approximate surface area is 177 Å². The first-order chi connectivity index (χ1) is 14.5. The highest BCUT2D eigenvalue weighted by molar-refractivity contribution is 6.08. The van der Waals surface area contributed by atoms with E-state index in [1.54, 1.807) is 18.5 Å². The maximum atomic E-state index is 12.8. The van der Waals surface area contributed by atoms with Crippen molar-refractivity contribution in [2.45, 2.75) is 33.1 Å². The average molecular weight is 402 g/mol. The molecule has 1 aliphatic rings. The number of hydrogen-bond acceptors (Lipinski definition) is 5. The fourth-order valence-electron chi connectivity index (χ4n) is 3.72. The van der Waals surface area contributed by atoms with Gasteiger partial charge in [-0.1, -0.05) is 12.1 Å². The van der Waals surface area contributed by atoms with E-state index in [-0.39, 0.29) is 5.91 Å². The summed E-state index contributed by atoms with van der Waals surface area (Å²) in [6.07, 6.45) is 6.86. The van der Waals surface area contributed by atoms with Crippen molar-refractivity contribution < 1.29 is 4.79 Å². The van der Waals surface area contributed by atoms with Crippen LogP contribution in [0.4, 0.5) is 17.2 Å². The van der Waals surface area contributed by atoms with Crippen LogP contribution in [0.15, 0.2) is 48.8 Å². The Morgan fingerprint density at radius 2 is 1.77 bits per heavy atom. The largest absolute Gasteiger partial charge is 0.398 e.